The molecular formula is C14H11N3O2S. The maximum absolute atomic E-state index is 5.80. The Kier molecular flexibility index (Phi) is 3.84. The summed E-state index contributed by atoms with van der Waals surface area (Å²) in [5, 5.41) is 5.79. The lowest BCUT2D eigenvalue weighted by molar-refractivity contribution is -0.00316. The summed E-state index contributed by atoms with van der Waals surface area (Å²) < 4.78 is 15.4. The molecule has 1 atom stereocenters. The Balaban J connectivity index is 1.81. The number of ether oxygens (including phenoxy) is 2. The summed E-state index contributed by atoms with van der Waals surface area (Å²) in [7, 11) is 0. The highest BCUT2D eigenvalue weighted by Crippen LogP contribution is 2.23. The van der Waals surface area contributed by atoms with Gasteiger partial charge in [0.1, 0.15) is 5.75 Å². The second kappa shape index (κ2) is 6.12. The van der Waals surface area contributed by atoms with Gasteiger partial charge in [-0.1, -0.05) is 28.8 Å². The van der Waals surface area contributed by atoms with Crippen molar-refractivity contribution in [3.63, 3.8) is 0 Å². The SMILES string of the molecule is c1ccc(OC(Oc2ccccn2)c2csnn2)cc1. The number of hydrogen-bond acceptors (Lipinski definition) is 6. The summed E-state index contributed by atoms with van der Waals surface area (Å²) in [5.41, 5.74) is 0.615. The van der Waals surface area contributed by atoms with Gasteiger partial charge in [-0.15, -0.1) is 5.10 Å². The molecule has 0 aliphatic carbocycles. The van der Waals surface area contributed by atoms with E-state index in [1.165, 1.54) is 11.5 Å². The topological polar surface area (TPSA) is 57.1 Å². The third-order valence-corrected chi connectivity index (χ3v) is 2.99. The monoisotopic (exact) mass is 285 g/mol. The minimum Gasteiger partial charge on any atom is -0.449 e. The van der Waals surface area contributed by atoms with Gasteiger partial charge in [0.25, 0.3) is 6.29 Å². The van der Waals surface area contributed by atoms with Gasteiger partial charge in [-0.3, -0.25) is 0 Å². The molecule has 0 amide bonds. The van der Waals surface area contributed by atoms with Crippen molar-refractivity contribution in [2.24, 2.45) is 0 Å². The molecule has 20 heavy (non-hydrogen) atoms. The van der Waals surface area contributed by atoms with Crippen LogP contribution in [0.5, 0.6) is 11.6 Å². The average Bonchev–Trinajstić information content (AvgIpc) is 3.03. The molecule has 0 fully saturated rings. The van der Waals surface area contributed by atoms with Crippen LogP contribution in [0.25, 0.3) is 0 Å². The highest BCUT2D eigenvalue weighted by atomic mass is 32.1. The fourth-order valence-corrected chi connectivity index (χ4v) is 2.02. The van der Waals surface area contributed by atoms with Crippen LogP contribution in [0.3, 0.4) is 0 Å². The molecule has 3 rings (SSSR count). The molecule has 0 aliphatic rings. The van der Waals surface area contributed by atoms with Gasteiger partial charge < -0.3 is 9.47 Å². The van der Waals surface area contributed by atoms with E-state index in [1.54, 1.807) is 17.6 Å². The fraction of sp³-hybridized carbons (Fsp3) is 0.0714. The standard InChI is InChI=1S/C14H11N3O2S/c1-2-6-11(7-3-1)18-14(12-10-20-17-16-12)19-13-8-4-5-9-15-13/h1-10,14H. The van der Waals surface area contributed by atoms with E-state index in [1.807, 2.05) is 42.5 Å². The van der Waals surface area contributed by atoms with Crippen molar-refractivity contribution in [2.75, 3.05) is 0 Å². The molecule has 6 heteroatoms. The van der Waals surface area contributed by atoms with Crippen molar-refractivity contribution >= 4 is 11.5 Å². The number of benzene rings is 1. The van der Waals surface area contributed by atoms with Crippen LogP contribution >= 0.6 is 11.5 Å². The maximum atomic E-state index is 5.80. The van der Waals surface area contributed by atoms with E-state index in [2.05, 4.69) is 14.6 Å². The fourth-order valence-electron chi connectivity index (χ4n) is 1.57. The summed E-state index contributed by atoms with van der Waals surface area (Å²) >= 11 is 1.25. The second-order valence-electron chi connectivity index (χ2n) is 3.88. The van der Waals surface area contributed by atoms with Crippen LogP contribution in [0.2, 0.25) is 0 Å². The molecule has 0 saturated heterocycles. The molecular weight excluding hydrogens is 274 g/mol. The summed E-state index contributed by atoms with van der Waals surface area (Å²) in [6, 6.07) is 14.9. The van der Waals surface area contributed by atoms with E-state index in [0.717, 1.165) is 0 Å². The van der Waals surface area contributed by atoms with Crippen LogP contribution in [0.1, 0.15) is 12.0 Å². The van der Waals surface area contributed by atoms with Crippen molar-refractivity contribution in [1.29, 1.82) is 0 Å². The number of para-hydroxylation sites is 1. The summed E-state index contributed by atoms with van der Waals surface area (Å²) in [5.74, 6) is 1.17. The first-order valence-corrected chi connectivity index (χ1v) is 6.82. The van der Waals surface area contributed by atoms with Gasteiger partial charge in [0.05, 0.1) is 0 Å². The number of aromatic nitrogens is 3. The van der Waals surface area contributed by atoms with E-state index in [0.29, 0.717) is 17.3 Å². The van der Waals surface area contributed by atoms with Crippen LogP contribution in [-0.2, 0) is 0 Å². The summed E-state index contributed by atoms with van der Waals surface area (Å²) in [4.78, 5) is 4.12. The number of rotatable bonds is 5. The molecule has 0 aliphatic heterocycles. The number of pyridine rings is 1. The van der Waals surface area contributed by atoms with Crippen LogP contribution in [0.15, 0.2) is 60.1 Å². The molecule has 0 spiro atoms. The average molecular weight is 285 g/mol. The molecule has 0 bridgehead atoms. The molecule has 1 unspecified atom stereocenters. The lowest BCUT2D eigenvalue weighted by Gasteiger charge is -2.17. The first-order chi connectivity index (χ1) is 9.92. The van der Waals surface area contributed by atoms with Gasteiger partial charge >= 0.3 is 0 Å². The Hall–Kier alpha value is -2.47. The normalized spacial score (nSPS) is 11.8. The Labute approximate surface area is 120 Å². The van der Waals surface area contributed by atoms with Crippen LogP contribution in [-0.4, -0.2) is 14.6 Å². The van der Waals surface area contributed by atoms with Gasteiger partial charge in [-0.25, -0.2) is 4.98 Å². The van der Waals surface area contributed by atoms with Gasteiger partial charge in [0.2, 0.25) is 5.88 Å². The van der Waals surface area contributed by atoms with E-state index in [9.17, 15) is 0 Å². The number of nitrogens with zero attached hydrogens (tertiary/aromatic N) is 3. The first-order valence-electron chi connectivity index (χ1n) is 5.98. The van der Waals surface area contributed by atoms with Crippen LogP contribution < -0.4 is 9.47 Å². The van der Waals surface area contributed by atoms with E-state index in [4.69, 9.17) is 9.47 Å². The largest absolute Gasteiger partial charge is 0.449 e. The Morgan fingerprint density at radius 3 is 2.50 bits per heavy atom. The Bertz CT molecular complexity index is 591. The van der Waals surface area contributed by atoms with Crippen LogP contribution in [0, 0.1) is 0 Å². The molecule has 2 aromatic heterocycles. The predicted molar refractivity (Wildman–Crippen MR) is 74.6 cm³/mol. The van der Waals surface area contributed by atoms with E-state index < -0.39 is 6.29 Å². The highest BCUT2D eigenvalue weighted by Gasteiger charge is 2.19. The van der Waals surface area contributed by atoms with Gasteiger partial charge in [-0.05, 0) is 29.7 Å². The quantitative estimate of drug-likeness (QED) is 0.674. The van der Waals surface area contributed by atoms with E-state index >= 15 is 0 Å². The molecule has 0 N–H and O–H groups in total. The smallest absolute Gasteiger partial charge is 0.288 e. The lowest BCUT2D eigenvalue weighted by Crippen LogP contribution is -2.16. The summed E-state index contributed by atoms with van der Waals surface area (Å²) in [6.45, 7) is 0. The molecule has 2 heterocycles. The Morgan fingerprint density at radius 1 is 0.950 bits per heavy atom. The zero-order chi connectivity index (χ0) is 13.6. The van der Waals surface area contributed by atoms with E-state index in [-0.39, 0.29) is 0 Å². The van der Waals surface area contributed by atoms with Gasteiger partial charge in [0.15, 0.2) is 5.69 Å². The second-order valence-corrected chi connectivity index (χ2v) is 4.49. The van der Waals surface area contributed by atoms with Crippen molar-refractivity contribution in [3.05, 3.63) is 65.8 Å². The lowest BCUT2D eigenvalue weighted by atomic mass is 10.3. The zero-order valence-electron chi connectivity index (χ0n) is 10.4. The van der Waals surface area contributed by atoms with Crippen LogP contribution in [0.4, 0.5) is 0 Å². The molecule has 0 saturated carbocycles. The van der Waals surface area contributed by atoms with Crippen molar-refractivity contribution in [2.45, 2.75) is 6.29 Å². The molecule has 0 radical (unpaired) electrons. The molecule has 100 valence electrons. The minimum absolute atomic E-state index is 0.474. The Morgan fingerprint density at radius 2 is 1.80 bits per heavy atom. The minimum atomic E-state index is -0.675. The molecule has 5 nitrogen and oxygen atoms in total. The maximum Gasteiger partial charge on any atom is 0.288 e. The third kappa shape index (κ3) is 3.10. The van der Waals surface area contributed by atoms with Crippen molar-refractivity contribution in [1.82, 2.24) is 14.6 Å². The van der Waals surface area contributed by atoms with Gasteiger partial charge in [-0.2, -0.15) is 0 Å². The molecule has 3 aromatic rings. The highest BCUT2D eigenvalue weighted by molar-refractivity contribution is 7.03. The van der Waals surface area contributed by atoms with Crippen molar-refractivity contribution in [3.8, 4) is 11.6 Å². The molecule has 1 aromatic carbocycles. The van der Waals surface area contributed by atoms with Crippen molar-refractivity contribution < 1.29 is 9.47 Å². The summed E-state index contributed by atoms with van der Waals surface area (Å²) in [6.07, 6.45) is 0.986. The number of hydrogen-bond donors (Lipinski definition) is 0. The first kappa shape index (κ1) is 12.6. The zero-order valence-corrected chi connectivity index (χ0v) is 11.2. The predicted octanol–water partition coefficient (Wildman–Crippen LogP) is 3.09. The third-order valence-electron chi connectivity index (χ3n) is 2.47. The van der Waals surface area contributed by atoms with Gasteiger partial charge in [0, 0.05) is 17.6 Å².